The molecule has 4 heteroatoms. The van der Waals surface area contributed by atoms with Gasteiger partial charge in [-0.25, -0.2) is 0 Å². The number of benzene rings is 2. The minimum Gasteiger partial charge on any atom is -0.606 e. The second-order valence-electron chi connectivity index (χ2n) is 5.94. The molecule has 0 aliphatic carbocycles. The number of rotatable bonds is 4. The Morgan fingerprint density at radius 1 is 1.09 bits per heavy atom. The molecule has 3 nitrogen and oxygen atoms in total. The van der Waals surface area contributed by atoms with Gasteiger partial charge >= 0.3 is 0 Å². The van der Waals surface area contributed by atoms with Crippen LogP contribution in [0.25, 0.3) is 5.70 Å². The smallest absolute Gasteiger partial charge is 0.248 e. The molecule has 0 saturated heterocycles. The number of hydrogen-bond donors (Lipinski definition) is 1. The highest BCUT2D eigenvalue weighted by Crippen LogP contribution is 2.37. The third kappa shape index (κ3) is 3.05. The predicted octanol–water partition coefficient (Wildman–Crippen LogP) is 3.60. The van der Waals surface area contributed by atoms with Crippen LogP contribution in [0.4, 0.5) is 0 Å². The molecular formula is C19H19NO2S. The van der Waals surface area contributed by atoms with Crippen LogP contribution in [0.5, 0.6) is 0 Å². The number of fused-ring (bicyclic) bond motifs is 1. The average Bonchev–Trinajstić information content (AvgIpc) is 2.81. The summed E-state index contributed by atoms with van der Waals surface area (Å²) < 4.78 is 12.9. The van der Waals surface area contributed by atoms with Crippen molar-refractivity contribution in [2.45, 2.75) is 18.7 Å². The van der Waals surface area contributed by atoms with Crippen LogP contribution in [0.15, 0.2) is 64.4 Å². The first-order valence-electron chi connectivity index (χ1n) is 7.68. The summed E-state index contributed by atoms with van der Waals surface area (Å²) >= 11 is -1.44. The molecule has 0 radical (unpaired) electrons. The zero-order valence-electron chi connectivity index (χ0n) is 13.2. The van der Waals surface area contributed by atoms with Gasteiger partial charge in [0, 0.05) is 23.3 Å². The zero-order valence-corrected chi connectivity index (χ0v) is 14.0. The van der Waals surface area contributed by atoms with Crippen LogP contribution in [-0.2, 0) is 11.2 Å². The normalized spacial score (nSPS) is 19.0. The van der Waals surface area contributed by atoms with Gasteiger partial charge in [0.15, 0.2) is 4.90 Å². The van der Waals surface area contributed by atoms with Gasteiger partial charge in [-0.05, 0) is 18.1 Å². The van der Waals surface area contributed by atoms with Crippen molar-refractivity contribution in [2.24, 2.45) is 5.92 Å². The molecule has 0 bridgehead atoms. The van der Waals surface area contributed by atoms with Gasteiger partial charge in [-0.3, -0.25) is 4.79 Å². The molecule has 0 aromatic heterocycles. The lowest BCUT2D eigenvalue weighted by Gasteiger charge is -2.15. The average molecular weight is 325 g/mol. The van der Waals surface area contributed by atoms with Crippen molar-refractivity contribution < 1.29 is 9.35 Å². The number of ketones is 1. The molecule has 0 amide bonds. The molecule has 0 fully saturated rings. The van der Waals surface area contributed by atoms with Gasteiger partial charge in [0.05, 0.1) is 5.56 Å². The standard InChI is InChI=1S/C19H19NO2S/c1-13(2)12-20-17(14-8-4-3-5-9-14)19-18(21)15-10-6-7-11-16(15)23(19)22/h3-11,13,20H,12H2,1-2H3. The Balaban J connectivity index is 2.12. The highest BCUT2D eigenvalue weighted by molar-refractivity contribution is 7.97. The van der Waals surface area contributed by atoms with Crippen molar-refractivity contribution in [1.82, 2.24) is 5.32 Å². The van der Waals surface area contributed by atoms with E-state index in [1.165, 1.54) is 0 Å². The molecule has 23 heavy (non-hydrogen) atoms. The van der Waals surface area contributed by atoms with E-state index < -0.39 is 11.2 Å². The van der Waals surface area contributed by atoms with E-state index >= 15 is 0 Å². The maximum absolute atomic E-state index is 12.9. The number of carbonyl (C=O) groups is 1. The van der Waals surface area contributed by atoms with Crippen LogP contribution in [0.1, 0.15) is 29.8 Å². The fraction of sp³-hybridized carbons (Fsp3) is 0.211. The van der Waals surface area contributed by atoms with E-state index in [0.717, 1.165) is 5.56 Å². The van der Waals surface area contributed by atoms with E-state index in [1.807, 2.05) is 36.4 Å². The Bertz CT molecular complexity index is 753. The van der Waals surface area contributed by atoms with Gasteiger partial charge in [0.1, 0.15) is 5.70 Å². The van der Waals surface area contributed by atoms with E-state index in [-0.39, 0.29) is 5.78 Å². The summed E-state index contributed by atoms with van der Waals surface area (Å²) in [5, 5.41) is 3.34. The Kier molecular flexibility index (Phi) is 4.55. The molecule has 1 aliphatic rings. The van der Waals surface area contributed by atoms with E-state index in [4.69, 9.17) is 0 Å². The maximum atomic E-state index is 12.9. The van der Waals surface area contributed by atoms with Crippen molar-refractivity contribution in [3.63, 3.8) is 0 Å². The monoisotopic (exact) mass is 325 g/mol. The van der Waals surface area contributed by atoms with E-state index in [2.05, 4.69) is 19.2 Å². The van der Waals surface area contributed by atoms with Crippen LogP contribution in [0.3, 0.4) is 0 Å². The largest absolute Gasteiger partial charge is 0.606 e. The number of hydrogen-bond acceptors (Lipinski definition) is 3. The first kappa shape index (κ1) is 15.8. The van der Waals surface area contributed by atoms with Crippen LogP contribution in [0.2, 0.25) is 0 Å². The Hall–Kier alpha value is -2.04. The first-order valence-corrected chi connectivity index (χ1v) is 8.83. The van der Waals surface area contributed by atoms with Crippen molar-refractivity contribution >= 4 is 22.7 Å². The van der Waals surface area contributed by atoms with Crippen molar-refractivity contribution in [1.29, 1.82) is 0 Å². The predicted molar refractivity (Wildman–Crippen MR) is 93.4 cm³/mol. The van der Waals surface area contributed by atoms with Gasteiger partial charge in [-0.1, -0.05) is 56.3 Å². The number of allylic oxidation sites excluding steroid dienone is 1. The number of Topliss-reactive ketones (excluding diaryl/α,β-unsaturated/α-hetero) is 1. The molecule has 118 valence electrons. The topological polar surface area (TPSA) is 52.2 Å². The molecule has 2 aromatic carbocycles. The molecular weight excluding hydrogens is 306 g/mol. The minimum atomic E-state index is -1.44. The molecule has 1 heterocycles. The third-order valence-electron chi connectivity index (χ3n) is 3.70. The second-order valence-corrected chi connectivity index (χ2v) is 7.32. The summed E-state index contributed by atoms with van der Waals surface area (Å²) in [6, 6.07) is 16.8. The van der Waals surface area contributed by atoms with Gasteiger partial charge in [-0.15, -0.1) is 0 Å². The van der Waals surface area contributed by atoms with Crippen LogP contribution in [-0.4, -0.2) is 16.9 Å². The summed E-state index contributed by atoms with van der Waals surface area (Å²) in [5.74, 6) is 0.274. The number of nitrogens with one attached hydrogen (secondary N) is 1. The molecule has 0 saturated carbocycles. The molecule has 0 spiro atoms. The minimum absolute atomic E-state index is 0.144. The lowest BCUT2D eigenvalue weighted by Crippen LogP contribution is -2.22. The summed E-state index contributed by atoms with van der Waals surface area (Å²) in [4.78, 5) is 13.7. The molecule has 1 N–H and O–H groups in total. The maximum Gasteiger partial charge on any atom is 0.248 e. The second kappa shape index (κ2) is 6.60. The summed E-state index contributed by atoms with van der Waals surface area (Å²) in [6.45, 7) is 4.92. The Labute approximate surface area is 139 Å². The third-order valence-corrected chi connectivity index (χ3v) is 5.22. The van der Waals surface area contributed by atoms with Crippen molar-refractivity contribution in [3.8, 4) is 0 Å². The quantitative estimate of drug-likeness (QED) is 0.690. The van der Waals surface area contributed by atoms with Gasteiger partial charge in [-0.2, -0.15) is 0 Å². The molecule has 3 rings (SSSR count). The number of carbonyl (C=O) groups excluding carboxylic acids is 1. The first-order chi connectivity index (χ1) is 11.1. The summed E-state index contributed by atoms with van der Waals surface area (Å²) in [6.07, 6.45) is 0. The van der Waals surface area contributed by atoms with Gasteiger partial charge in [0.25, 0.3) is 0 Å². The van der Waals surface area contributed by atoms with E-state index in [9.17, 15) is 9.35 Å². The Morgan fingerprint density at radius 2 is 1.74 bits per heavy atom. The van der Waals surface area contributed by atoms with Crippen molar-refractivity contribution in [3.05, 3.63) is 70.6 Å². The van der Waals surface area contributed by atoms with Gasteiger partial charge in [0.2, 0.25) is 10.7 Å². The highest BCUT2D eigenvalue weighted by Gasteiger charge is 2.41. The van der Waals surface area contributed by atoms with Gasteiger partial charge < -0.3 is 9.87 Å². The molecule has 2 aromatic rings. The SMILES string of the molecule is CC(C)CNC(=C1C(=O)c2ccccc2[S+]1[O-])c1ccccc1. The van der Waals surface area contributed by atoms with E-state index in [0.29, 0.717) is 33.5 Å². The summed E-state index contributed by atoms with van der Waals surface area (Å²) in [7, 11) is 0. The Morgan fingerprint density at radius 3 is 2.39 bits per heavy atom. The van der Waals surface area contributed by atoms with Crippen LogP contribution in [0, 0.1) is 5.92 Å². The lowest BCUT2D eigenvalue weighted by molar-refractivity contribution is 0.104. The highest BCUT2D eigenvalue weighted by atomic mass is 32.2. The fourth-order valence-corrected chi connectivity index (χ4v) is 4.00. The molecule has 1 aliphatic heterocycles. The van der Waals surface area contributed by atoms with E-state index in [1.54, 1.807) is 18.2 Å². The molecule has 1 atom stereocenters. The zero-order chi connectivity index (χ0) is 16.4. The summed E-state index contributed by atoms with van der Waals surface area (Å²) in [5.41, 5.74) is 2.11. The van der Waals surface area contributed by atoms with Crippen LogP contribution < -0.4 is 5.32 Å². The molecule has 1 unspecified atom stereocenters. The lowest BCUT2D eigenvalue weighted by atomic mass is 10.1. The van der Waals surface area contributed by atoms with Crippen LogP contribution >= 0.6 is 0 Å². The fourth-order valence-electron chi connectivity index (χ4n) is 2.56. The van der Waals surface area contributed by atoms with Crippen molar-refractivity contribution in [2.75, 3.05) is 6.54 Å².